The third-order valence-corrected chi connectivity index (χ3v) is 4.59. The normalized spacial score (nSPS) is 27.3. The Labute approximate surface area is 114 Å². The van der Waals surface area contributed by atoms with Crippen molar-refractivity contribution in [1.29, 1.82) is 0 Å². The summed E-state index contributed by atoms with van der Waals surface area (Å²) in [6.07, 6.45) is 3.06. The highest BCUT2D eigenvalue weighted by Crippen LogP contribution is 2.48. The van der Waals surface area contributed by atoms with Crippen molar-refractivity contribution in [2.24, 2.45) is 5.92 Å². The second-order valence-corrected chi connectivity index (χ2v) is 7.13. The minimum Gasteiger partial charge on any atom is -0.369 e. The van der Waals surface area contributed by atoms with Gasteiger partial charge in [-0.05, 0) is 40.7 Å². The van der Waals surface area contributed by atoms with Crippen LogP contribution in [0.4, 0.5) is 0 Å². The highest BCUT2D eigenvalue weighted by molar-refractivity contribution is 7.09. The first-order valence-electron chi connectivity index (χ1n) is 6.67. The summed E-state index contributed by atoms with van der Waals surface area (Å²) in [5.41, 5.74) is 1.78. The quantitative estimate of drug-likeness (QED) is 0.909. The van der Waals surface area contributed by atoms with Gasteiger partial charge in [-0.1, -0.05) is 6.92 Å². The van der Waals surface area contributed by atoms with Gasteiger partial charge in [0, 0.05) is 23.0 Å². The predicted octanol–water partition coefficient (Wildman–Crippen LogP) is 3.39. The van der Waals surface area contributed by atoms with Gasteiger partial charge in [-0.25, -0.2) is 0 Å². The lowest BCUT2D eigenvalue weighted by Crippen LogP contribution is -2.38. The van der Waals surface area contributed by atoms with Crippen LogP contribution in [-0.2, 0) is 4.74 Å². The molecule has 2 heterocycles. The zero-order valence-corrected chi connectivity index (χ0v) is 12.8. The summed E-state index contributed by atoms with van der Waals surface area (Å²) in [7, 11) is 0. The molecule has 1 aromatic rings. The number of hydrogen-bond donors (Lipinski definition) is 1. The molecule has 2 unspecified atom stereocenters. The lowest BCUT2D eigenvalue weighted by Gasteiger charge is -2.32. The summed E-state index contributed by atoms with van der Waals surface area (Å²) < 4.78 is 6.22. The van der Waals surface area contributed by atoms with Gasteiger partial charge in [0.25, 0.3) is 0 Å². The molecule has 1 fully saturated rings. The monoisotopic (exact) mass is 268 g/mol. The SMILES string of the molecule is CCNC(c1cncs1)C1CC(C)(C)OC1(C)C. The molecule has 0 bridgehead atoms. The average Bonchev–Trinajstić information content (AvgIpc) is 2.80. The molecule has 3 nitrogen and oxygen atoms in total. The van der Waals surface area contributed by atoms with Crippen molar-refractivity contribution >= 4 is 11.3 Å². The topological polar surface area (TPSA) is 34.2 Å². The van der Waals surface area contributed by atoms with Crippen LogP contribution in [0.1, 0.15) is 52.0 Å². The van der Waals surface area contributed by atoms with Gasteiger partial charge < -0.3 is 10.1 Å². The van der Waals surface area contributed by atoms with Crippen LogP contribution >= 0.6 is 11.3 Å². The van der Waals surface area contributed by atoms with Crippen molar-refractivity contribution in [2.75, 3.05) is 6.54 Å². The molecule has 0 spiro atoms. The molecule has 1 aliphatic rings. The van der Waals surface area contributed by atoms with Crippen molar-refractivity contribution in [3.05, 3.63) is 16.6 Å². The fraction of sp³-hybridized carbons (Fsp3) is 0.786. The third kappa shape index (κ3) is 2.76. The van der Waals surface area contributed by atoms with Crippen LogP contribution < -0.4 is 5.32 Å². The zero-order chi connectivity index (χ0) is 13.4. The maximum Gasteiger partial charge on any atom is 0.0794 e. The Balaban J connectivity index is 2.26. The molecule has 2 atom stereocenters. The number of thiazole rings is 1. The molecule has 1 N–H and O–H groups in total. The zero-order valence-electron chi connectivity index (χ0n) is 12.0. The van der Waals surface area contributed by atoms with Gasteiger partial charge in [-0.3, -0.25) is 4.98 Å². The molecule has 0 amide bonds. The first-order valence-corrected chi connectivity index (χ1v) is 7.55. The molecule has 1 aliphatic heterocycles. The fourth-order valence-corrected chi connectivity index (χ4v) is 3.92. The van der Waals surface area contributed by atoms with E-state index in [4.69, 9.17) is 4.74 Å². The van der Waals surface area contributed by atoms with Crippen LogP contribution in [0.5, 0.6) is 0 Å². The Kier molecular flexibility index (Phi) is 3.81. The summed E-state index contributed by atoms with van der Waals surface area (Å²) in [6, 6.07) is 0.347. The second-order valence-electron chi connectivity index (χ2n) is 6.21. The fourth-order valence-electron chi connectivity index (χ4n) is 3.16. The highest BCUT2D eigenvalue weighted by Gasteiger charge is 2.49. The van der Waals surface area contributed by atoms with E-state index in [1.807, 2.05) is 11.7 Å². The van der Waals surface area contributed by atoms with Gasteiger partial charge in [-0.15, -0.1) is 11.3 Å². The molecule has 18 heavy (non-hydrogen) atoms. The summed E-state index contributed by atoms with van der Waals surface area (Å²) in [6.45, 7) is 11.9. The number of rotatable bonds is 4. The predicted molar refractivity (Wildman–Crippen MR) is 75.9 cm³/mol. The summed E-state index contributed by atoms with van der Waals surface area (Å²) >= 11 is 1.73. The van der Waals surface area contributed by atoms with Crippen LogP contribution in [0.25, 0.3) is 0 Å². The van der Waals surface area contributed by atoms with Gasteiger partial charge >= 0.3 is 0 Å². The van der Waals surface area contributed by atoms with Crippen LogP contribution in [0, 0.1) is 5.92 Å². The lowest BCUT2D eigenvalue weighted by atomic mass is 9.81. The van der Waals surface area contributed by atoms with E-state index in [0.717, 1.165) is 13.0 Å². The van der Waals surface area contributed by atoms with E-state index >= 15 is 0 Å². The molecular formula is C14H24N2OS. The molecule has 102 valence electrons. The second kappa shape index (κ2) is 4.91. The molecule has 1 saturated heterocycles. The Bertz CT molecular complexity index is 387. The largest absolute Gasteiger partial charge is 0.369 e. The molecule has 2 rings (SSSR count). The number of nitrogens with one attached hydrogen (secondary N) is 1. The summed E-state index contributed by atoms with van der Waals surface area (Å²) in [4.78, 5) is 5.53. The molecule has 4 heteroatoms. The Morgan fingerprint density at radius 1 is 1.50 bits per heavy atom. The van der Waals surface area contributed by atoms with Gasteiger partial charge in [0.2, 0.25) is 0 Å². The molecule has 1 aromatic heterocycles. The number of hydrogen-bond acceptors (Lipinski definition) is 4. The van der Waals surface area contributed by atoms with Crippen LogP contribution in [0.3, 0.4) is 0 Å². The number of ether oxygens (including phenoxy) is 1. The molecule has 0 aromatic carbocycles. The highest BCUT2D eigenvalue weighted by atomic mass is 32.1. The average molecular weight is 268 g/mol. The maximum absolute atomic E-state index is 6.22. The Morgan fingerprint density at radius 2 is 2.22 bits per heavy atom. The smallest absolute Gasteiger partial charge is 0.0794 e. The minimum atomic E-state index is -0.0969. The number of aromatic nitrogens is 1. The molecule has 0 saturated carbocycles. The standard InChI is InChI=1S/C14H24N2OS/c1-6-16-12(11-8-15-9-18-11)10-7-13(2,3)17-14(10,4)5/h8-10,12,16H,6-7H2,1-5H3. The van der Waals surface area contributed by atoms with Crippen LogP contribution in [0.2, 0.25) is 0 Å². The molecule has 0 radical (unpaired) electrons. The number of nitrogens with zero attached hydrogens (tertiary/aromatic N) is 1. The molecular weight excluding hydrogens is 244 g/mol. The van der Waals surface area contributed by atoms with Crippen molar-refractivity contribution in [3.63, 3.8) is 0 Å². The van der Waals surface area contributed by atoms with E-state index in [-0.39, 0.29) is 11.2 Å². The first kappa shape index (κ1) is 14.0. The van der Waals surface area contributed by atoms with Crippen molar-refractivity contribution < 1.29 is 4.74 Å². The van der Waals surface area contributed by atoms with Crippen molar-refractivity contribution in [3.8, 4) is 0 Å². The first-order chi connectivity index (χ1) is 8.36. The maximum atomic E-state index is 6.22. The van der Waals surface area contributed by atoms with E-state index in [0.29, 0.717) is 12.0 Å². The Morgan fingerprint density at radius 3 is 2.67 bits per heavy atom. The molecule has 0 aliphatic carbocycles. The van der Waals surface area contributed by atoms with E-state index < -0.39 is 0 Å². The Hall–Kier alpha value is -0.450. The lowest BCUT2D eigenvalue weighted by molar-refractivity contribution is -0.0777. The van der Waals surface area contributed by atoms with Crippen molar-refractivity contribution in [2.45, 2.75) is 58.3 Å². The summed E-state index contributed by atoms with van der Waals surface area (Å²) in [5, 5.41) is 3.61. The van der Waals surface area contributed by atoms with E-state index in [2.05, 4.69) is 44.9 Å². The summed E-state index contributed by atoms with van der Waals surface area (Å²) in [5.74, 6) is 0.480. The van der Waals surface area contributed by atoms with Crippen LogP contribution in [0.15, 0.2) is 11.7 Å². The van der Waals surface area contributed by atoms with Gasteiger partial charge in [-0.2, -0.15) is 0 Å². The van der Waals surface area contributed by atoms with Gasteiger partial charge in [0.1, 0.15) is 0 Å². The van der Waals surface area contributed by atoms with Crippen molar-refractivity contribution in [1.82, 2.24) is 10.3 Å². The van der Waals surface area contributed by atoms with Crippen LogP contribution in [-0.4, -0.2) is 22.7 Å². The van der Waals surface area contributed by atoms with E-state index in [9.17, 15) is 0 Å². The third-order valence-electron chi connectivity index (χ3n) is 3.73. The van der Waals surface area contributed by atoms with E-state index in [1.165, 1.54) is 4.88 Å². The van der Waals surface area contributed by atoms with Gasteiger partial charge in [0.05, 0.1) is 16.7 Å². The minimum absolute atomic E-state index is 0.0352. The van der Waals surface area contributed by atoms with E-state index in [1.54, 1.807) is 11.3 Å². The van der Waals surface area contributed by atoms with Gasteiger partial charge in [0.15, 0.2) is 0 Å².